The third-order valence-electron chi connectivity index (χ3n) is 7.28. The molecular formula is C23H29N3O6. The van der Waals surface area contributed by atoms with Crippen LogP contribution in [0.4, 0.5) is 5.69 Å². The number of hydrogen-bond acceptors (Lipinski definition) is 8. The van der Waals surface area contributed by atoms with Gasteiger partial charge in [-0.15, -0.1) is 0 Å². The Bertz CT molecular complexity index is 1050. The lowest BCUT2D eigenvalue weighted by Crippen LogP contribution is -2.64. The molecule has 5 unspecified atom stereocenters. The van der Waals surface area contributed by atoms with E-state index in [4.69, 9.17) is 5.73 Å². The Labute approximate surface area is 186 Å². The fourth-order valence-electron chi connectivity index (χ4n) is 6.02. The number of ketones is 2. The van der Waals surface area contributed by atoms with Crippen LogP contribution >= 0.6 is 0 Å². The van der Waals surface area contributed by atoms with Crippen molar-refractivity contribution in [3.8, 4) is 5.75 Å². The van der Waals surface area contributed by atoms with Gasteiger partial charge in [-0.3, -0.25) is 14.4 Å². The van der Waals surface area contributed by atoms with Crippen LogP contribution in [-0.4, -0.2) is 78.0 Å². The maximum atomic E-state index is 13.6. The number of aliphatic hydroxyl groups excluding tert-OH is 2. The molecule has 0 saturated heterocycles. The number of Topliss-reactive ketones (excluding diaryl/α,β-unsaturated/α-hetero) is 2. The number of carbonyl (C=O) groups excluding carboxylic acids is 3. The summed E-state index contributed by atoms with van der Waals surface area (Å²) in [5.41, 5.74) is 7.27. The first kappa shape index (κ1) is 22.3. The van der Waals surface area contributed by atoms with Crippen LogP contribution in [0.2, 0.25) is 0 Å². The Morgan fingerprint density at radius 2 is 1.78 bits per heavy atom. The smallest absolute Gasteiger partial charge is 0.230 e. The van der Waals surface area contributed by atoms with Gasteiger partial charge in [-0.2, -0.15) is 0 Å². The predicted molar refractivity (Wildman–Crippen MR) is 117 cm³/mol. The monoisotopic (exact) mass is 443 g/mol. The van der Waals surface area contributed by atoms with Crippen molar-refractivity contribution in [1.82, 2.24) is 4.90 Å². The van der Waals surface area contributed by atoms with Crippen LogP contribution in [0.5, 0.6) is 5.75 Å². The van der Waals surface area contributed by atoms with Gasteiger partial charge in [-0.1, -0.05) is 0 Å². The van der Waals surface area contributed by atoms with Gasteiger partial charge in [0, 0.05) is 31.4 Å². The van der Waals surface area contributed by atoms with Crippen LogP contribution in [0.3, 0.4) is 0 Å². The quantitative estimate of drug-likeness (QED) is 0.481. The number of amides is 1. The second-order valence-corrected chi connectivity index (χ2v) is 9.48. The van der Waals surface area contributed by atoms with Crippen molar-refractivity contribution < 1.29 is 29.7 Å². The van der Waals surface area contributed by atoms with Crippen LogP contribution in [0.1, 0.15) is 17.5 Å². The predicted octanol–water partition coefficient (Wildman–Crippen LogP) is 0.0801. The van der Waals surface area contributed by atoms with Crippen LogP contribution in [-0.2, 0) is 20.8 Å². The van der Waals surface area contributed by atoms with Crippen molar-refractivity contribution in [3.63, 3.8) is 0 Å². The summed E-state index contributed by atoms with van der Waals surface area (Å²) in [4.78, 5) is 42.4. The number of likely N-dealkylation sites (N-methyl/N-ethyl adjacent to an activating group) is 1. The molecule has 32 heavy (non-hydrogen) atoms. The van der Waals surface area contributed by atoms with Crippen molar-refractivity contribution in [2.24, 2.45) is 29.4 Å². The number of rotatable bonds is 3. The van der Waals surface area contributed by atoms with Crippen LogP contribution in [0.25, 0.3) is 5.76 Å². The average Bonchev–Trinajstić information content (AvgIpc) is 2.66. The highest BCUT2D eigenvalue weighted by atomic mass is 16.3. The highest BCUT2D eigenvalue weighted by molar-refractivity contribution is 6.19. The molecule has 2 saturated carbocycles. The Balaban J connectivity index is 1.88. The molecule has 1 aromatic rings. The molecule has 5 N–H and O–H groups in total. The molecule has 1 amide bonds. The minimum absolute atomic E-state index is 0.107. The third-order valence-corrected chi connectivity index (χ3v) is 7.28. The second kappa shape index (κ2) is 7.60. The Morgan fingerprint density at radius 3 is 2.34 bits per heavy atom. The van der Waals surface area contributed by atoms with E-state index in [1.165, 1.54) is 6.07 Å². The lowest BCUT2D eigenvalue weighted by atomic mass is 9.57. The van der Waals surface area contributed by atoms with Gasteiger partial charge < -0.3 is 30.9 Å². The van der Waals surface area contributed by atoms with Gasteiger partial charge in [0.1, 0.15) is 17.4 Å². The lowest BCUT2D eigenvalue weighted by Gasteiger charge is -2.50. The van der Waals surface area contributed by atoms with Gasteiger partial charge in [0.25, 0.3) is 0 Å². The fraction of sp³-hybridized carbons (Fsp3) is 0.522. The molecule has 172 valence electrons. The zero-order valence-electron chi connectivity index (χ0n) is 18.6. The zero-order chi connectivity index (χ0) is 23.6. The Morgan fingerprint density at radius 1 is 1.12 bits per heavy atom. The van der Waals surface area contributed by atoms with E-state index in [2.05, 4.69) is 0 Å². The van der Waals surface area contributed by atoms with Crippen molar-refractivity contribution >= 4 is 28.9 Å². The van der Waals surface area contributed by atoms with E-state index in [-0.39, 0.29) is 28.6 Å². The molecule has 0 aromatic heterocycles. The lowest BCUT2D eigenvalue weighted by molar-refractivity contribution is -0.157. The molecule has 0 radical (unpaired) electrons. The van der Waals surface area contributed by atoms with Crippen molar-refractivity contribution in [3.05, 3.63) is 28.8 Å². The van der Waals surface area contributed by atoms with Gasteiger partial charge in [0.2, 0.25) is 5.91 Å². The summed E-state index contributed by atoms with van der Waals surface area (Å²) in [7, 11) is 7.16. The number of nitrogens with zero attached hydrogens (tertiary/aromatic N) is 2. The summed E-state index contributed by atoms with van der Waals surface area (Å²) >= 11 is 0. The minimum Gasteiger partial charge on any atom is -0.507 e. The van der Waals surface area contributed by atoms with Crippen LogP contribution in [0.15, 0.2) is 17.7 Å². The summed E-state index contributed by atoms with van der Waals surface area (Å²) in [6, 6.07) is 2.60. The van der Waals surface area contributed by atoms with E-state index < -0.39 is 47.4 Å². The molecule has 4 rings (SSSR count). The minimum atomic E-state index is -1.49. The molecule has 0 heterocycles. The molecule has 0 spiro atoms. The molecule has 3 aliphatic rings. The maximum absolute atomic E-state index is 13.6. The molecule has 9 nitrogen and oxygen atoms in total. The molecule has 6 atom stereocenters. The number of phenolic OH excluding ortho intramolecular Hbond substituents is 1. The van der Waals surface area contributed by atoms with E-state index in [1.807, 2.05) is 19.0 Å². The van der Waals surface area contributed by atoms with Gasteiger partial charge in [-0.25, -0.2) is 0 Å². The van der Waals surface area contributed by atoms with E-state index in [0.29, 0.717) is 12.8 Å². The number of primary amides is 1. The van der Waals surface area contributed by atoms with E-state index in [0.717, 1.165) is 11.3 Å². The van der Waals surface area contributed by atoms with Gasteiger partial charge in [0.15, 0.2) is 11.6 Å². The number of aromatic hydroxyl groups is 1. The number of fused-ring (bicyclic) bond motifs is 3. The number of phenols is 1. The summed E-state index contributed by atoms with van der Waals surface area (Å²) in [6.45, 7) is 0. The zero-order valence-corrected chi connectivity index (χ0v) is 18.6. The van der Waals surface area contributed by atoms with E-state index >= 15 is 0 Å². The van der Waals surface area contributed by atoms with Crippen LogP contribution < -0.4 is 10.6 Å². The Hall–Kier alpha value is -2.91. The molecule has 9 heteroatoms. The highest BCUT2D eigenvalue weighted by Gasteiger charge is 2.59. The number of carbonyl (C=O) groups is 3. The summed E-state index contributed by atoms with van der Waals surface area (Å²) in [5.74, 6) is -6.28. The van der Waals surface area contributed by atoms with Crippen molar-refractivity contribution in [2.45, 2.75) is 25.0 Å². The number of benzene rings is 1. The fourth-order valence-corrected chi connectivity index (χ4v) is 6.02. The first-order chi connectivity index (χ1) is 15.0. The number of anilines is 1. The van der Waals surface area contributed by atoms with Crippen LogP contribution in [0, 0.1) is 23.7 Å². The molecule has 0 aliphatic heterocycles. The average molecular weight is 444 g/mol. The molecule has 3 aliphatic carbocycles. The summed E-state index contributed by atoms with van der Waals surface area (Å²) < 4.78 is 0. The molecule has 0 bridgehead atoms. The number of hydrogen-bond donors (Lipinski definition) is 4. The first-order valence-electron chi connectivity index (χ1n) is 10.6. The largest absolute Gasteiger partial charge is 0.507 e. The number of aliphatic hydroxyl groups is 2. The summed E-state index contributed by atoms with van der Waals surface area (Å²) in [6.07, 6.45) is -0.551. The first-order valence-corrected chi connectivity index (χ1v) is 10.6. The molecule has 1 aromatic carbocycles. The normalized spacial score (nSPS) is 31.8. The van der Waals surface area contributed by atoms with Gasteiger partial charge >= 0.3 is 0 Å². The number of allylic oxidation sites excluding steroid dienone is 1. The summed E-state index contributed by atoms with van der Waals surface area (Å²) in [5, 5.41) is 32.4. The van der Waals surface area contributed by atoms with Crippen molar-refractivity contribution in [2.75, 3.05) is 33.1 Å². The van der Waals surface area contributed by atoms with Gasteiger partial charge in [0.05, 0.1) is 17.6 Å². The highest BCUT2D eigenvalue weighted by Crippen LogP contribution is 2.51. The Kier molecular flexibility index (Phi) is 5.29. The SMILES string of the molecule is CN(C)c1ccc(O)c2c1CC1CC3C(C(=O)C1=C2O)C(=O)C(C(N)=O)C(O)[C@H]3N(C)C. The topological polar surface area (TPSA) is 144 Å². The van der Waals surface area contributed by atoms with E-state index in [9.17, 15) is 29.7 Å². The standard InChI is InChI=1S/C23H29N3O6/c1-25(2)12-5-6-13(27)15-10(12)7-9-8-11-16(20(29)14(9)19(15)28)21(30)17(23(24)32)22(31)18(11)26(3)4/h5-6,9,11,16-18,22,27-28,31H,7-8H2,1-4H3,(H2,24,32)/t9?,11?,16?,17?,18-,22?/m0/s1. The molecule has 2 fully saturated rings. The number of nitrogens with two attached hydrogens (primary N) is 1. The maximum Gasteiger partial charge on any atom is 0.230 e. The van der Waals surface area contributed by atoms with E-state index in [1.54, 1.807) is 25.1 Å². The molecular weight excluding hydrogens is 414 g/mol. The van der Waals surface area contributed by atoms with Gasteiger partial charge in [-0.05, 0) is 56.5 Å². The second-order valence-electron chi connectivity index (χ2n) is 9.48. The van der Waals surface area contributed by atoms with Crippen molar-refractivity contribution in [1.29, 1.82) is 0 Å². The third kappa shape index (κ3) is 3.02.